The van der Waals surface area contributed by atoms with Crippen molar-refractivity contribution in [2.45, 2.75) is 38.9 Å². The largest absolute Gasteiger partial charge is 0.480 e. The number of aliphatic hydroxyl groups is 1. The van der Waals surface area contributed by atoms with E-state index in [9.17, 15) is 19.8 Å². The van der Waals surface area contributed by atoms with Crippen molar-refractivity contribution in [1.82, 2.24) is 5.06 Å². The number of aliphatic hydroxyl groups excluding tert-OH is 1. The SMILES string of the molecule is CC[C@H](C)[C@H](N)C(=O)ON(Cc1ccccc1)[C@@H](CO)C(=O)O. The van der Waals surface area contributed by atoms with Crippen LogP contribution in [-0.2, 0) is 21.0 Å². The molecule has 1 aromatic rings. The molecular weight excluding hydrogens is 300 g/mol. The molecule has 0 unspecified atom stereocenters. The minimum absolute atomic E-state index is 0.0390. The van der Waals surface area contributed by atoms with Crippen LogP contribution in [0.3, 0.4) is 0 Å². The Kier molecular flexibility index (Phi) is 7.67. The van der Waals surface area contributed by atoms with Crippen LogP contribution in [0.5, 0.6) is 0 Å². The molecule has 4 N–H and O–H groups in total. The molecule has 0 bridgehead atoms. The predicted molar refractivity (Wildman–Crippen MR) is 84.0 cm³/mol. The lowest BCUT2D eigenvalue weighted by Crippen LogP contribution is -2.48. The summed E-state index contributed by atoms with van der Waals surface area (Å²) in [4.78, 5) is 28.6. The number of carbonyl (C=O) groups excluding carboxylic acids is 1. The Morgan fingerprint density at radius 1 is 1.30 bits per heavy atom. The van der Waals surface area contributed by atoms with Crippen molar-refractivity contribution in [3.8, 4) is 0 Å². The highest BCUT2D eigenvalue weighted by molar-refractivity contribution is 5.77. The van der Waals surface area contributed by atoms with Crippen molar-refractivity contribution < 1.29 is 24.6 Å². The van der Waals surface area contributed by atoms with Gasteiger partial charge in [0.25, 0.3) is 0 Å². The maximum atomic E-state index is 12.1. The lowest BCUT2D eigenvalue weighted by molar-refractivity contribution is -0.215. The van der Waals surface area contributed by atoms with Crippen molar-refractivity contribution in [2.24, 2.45) is 11.7 Å². The van der Waals surface area contributed by atoms with Crippen LogP contribution in [0.1, 0.15) is 25.8 Å². The Bertz CT molecular complexity index is 508. The third kappa shape index (κ3) is 5.63. The van der Waals surface area contributed by atoms with Crippen LogP contribution in [0.4, 0.5) is 0 Å². The number of carbonyl (C=O) groups is 2. The number of aliphatic carboxylic acids is 1. The molecular formula is C16H24N2O5. The lowest BCUT2D eigenvalue weighted by Gasteiger charge is -2.28. The van der Waals surface area contributed by atoms with Gasteiger partial charge < -0.3 is 20.8 Å². The first-order chi connectivity index (χ1) is 10.9. The molecule has 7 heteroatoms. The molecule has 0 aliphatic heterocycles. The normalized spacial score (nSPS) is 15.0. The molecule has 0 aliphatic rings. The molecule has 0 saturated carbocycles. The zero-order valence-electron chi connectivity index (χ0n) is 13.4. The van der Waals surface area contributed by atoms with Crippen LogP contribution in [0, 0.1) is 5.92 Å². The topological polar surface area (TPSA) is 113 Å². The summed E-state index contributed by atoms with van der Waals surface area (Å²) in [5, 5.41) is 19.5. The Hall–Kier alpha value is -1.96. The first-order valence-electron chi connectivity index (χ1n) is 7.52. The second kappa shape index (κ2) is 9.24. The van der Waals surface area contributed by atoms with Crippen LogP contribution in [0.15, 0.2) is 30.3 Å². The van der Waals surface area contributed by atoms with Gasteiger partial charge in [-0.25, -0.2) is 4.79 Å². The Labute approximate surface area is 135 Å². The molecule has 0 amide bonds. The molecule has 0 spiro atoms. The maximum absolute atomic E-state index is 12.1. The summed E-state index contributed by atoms with van der Waals surface area (Å²) < 4.78 is 0. The van der Waals surface area contributed by atoms with E-state index in [2.05, 4.69) is 0 Å². The summed E-state index contributed by atoms with van der Waals surface area (Å²) in [5.74, 6) is -2.10. The number of carboxylic acids is 1. The molecule has 1 aromatic carbocycles. The van der Waals surface area contributed by atoms with Crippen molar-refractivity contribution in [2.75, 3.05) is 6.61 Å². The van der Waals surface area contributed by atoms with Crippen LogP contribution in [0.2, 0.25) is 0 Å². The van der Waals surface area contributed by atoms with Crippen molar-refractivity contribution >= 4 is 11.9 Å². The van der Waals surface area contributed by atoms with Gasteiger partial charge in [0, 0.05) is 0 Å². The summed E-state index contributed by atoms with van der Waals surface area (Å²) in [6.07, 6.45) is 0.692. The molecule has 0 aromatic heterocycles. The van der Waals surface area contributed by atoms with Gasteiger partial charge in [-0.05, 0) is 11.5 Å². The van der Waals surface area contributed by atoms with Crippen LogP contribution in [0.25, 0.3) is 0 Å². The second-order valence-corrected chi connectivity index (χ2v) is 5.42. The molecule has 128 valence electrons. The van der Waals surface area contributed by atoms with Crippen molar-refractivity contribution in [3.63, 3.8) is 0 Å². The van der Waals surface area contributed by atoms with Crippen LogP contribution in [-0.4, -0.2) is 45.9 Å². The Morgan fingerprint density at radius 3 is 2.39 bits per heavy atom. The van der Waals surface area contributed by atoms with Gasteiger partial charge in [-0.2, -0.15) is 0 Å². The van der Waals surface area contributed by atoms with Crippen LogP contribution >= 0.6 is 0 Å². The van der Waals surface area contributed by atoms with E-state index in [1.54, 1.807) is 24.3 Å². The fourth-order valence-corrected chi connectivity index (χ4v) is 1.92. The highest BCUT2D eigenvalue weighted by Gasteiger charge is 2.31. The van der Waals surface area contributed by atoms with Gasteiger partial charge >= 0.3 is 11.9 Å². The second-order valence-electron chi connectivity index (χ2n) is 5.42. The first kappa shape index (κ1) is 19.1. The Morgan fingerprint density at radius 2 is 1.91 bits per heavy atom. The summed E-state index contributed by atoms with van der Waals surface area (Å²) in [5.41, 5.74) is 6.57. The monoisotopic (exact) mass is 324 g/mol. The number of hydrogen-bond acceptors (Lipinski definition) is 6. The zero-order chi connectivity index (χ0) is 17.4. The minimum atomic E-state index is -1.36. The van der Waals surface area contributed by atoms with Gasteiger partial charge in [-0.1, -0.05) is 50.6 Å². The lowest BCUT2D eigenvalue weighted by atomic mass is 10.0. The van der Waals surface area contributed by atoms with Gasteiger partial charge in [-0.3, -0.25) is 4.79 Å². The average Bonchev–Trinajstić information content (AvgIpc) is 2.54. The molecule has 0 saturated heterocycles. The van der Waals surface area contributed by atoms with Gasteiger partial charge in [-0.15, -0.1) is 5.06 Å². The molecule has 3 atom stereocenters. The Balaban J connectivity index is 2.90. The van der Waals surface area contributed by atoms with E-state index < -0.39 is 30.6 Å². The molecule has 0 radical (unpaired) electrons. The molecule has 0 aliphatic carbocycles. The van der Waals surface area contributed by atoms with E-state index in [1.807, 2.05) is 19.9 Å². The number of nitrogens with two attached hydrogens (primary N) is 1. The van der Waals surface area contributed by atoms with Gasteiger partial charge in [0.15, 0.2) is 6.04 Å². The summed E-state index contributed by atoms with van der Waals surface area (Å²) in [6, 6.07) is 6.72. The number of hydrogen-bond donors (Lipinski definition) is 3. The fraction of sp³-hybridized carbons (Fsp3) is 0.500. The fourth-order valence-electron chi connectivity index (χ4n) is 1.92. The number of carboxylic acid groups (broad SMARTS) is 1. The molecule has 0 fully saturated rings. The third-order valence-corrected chi connectivity index (χ3v) is 3.72. The molecule has 7 nitrogen and oxygen atoms in total. The van der Waals surface area contributed by atoms with E-state index >= 15 is 0 Å². The average molecular weight is 324 g/mol. The smallest absolute Gasteiger partial charge is 0.342 e. The highest BCUT2D eigenvalue weighted by atomic mass is 16.7. The summed E-state index contributed by atoms with van der Waals surface area (Å²) >= 11 is 0. The number of nitrogens with zero attached hydrogens (tertiary/aromatic N) is 1. The van der Waals surface area contributed by atoms with Crippen molar-refractivity contribution in [3.05, 3.63) is 35.9 Å². The van der Waals surface area contributed by atoms with Gasteiger partial charge in [0.05, 0.1) is 13.2 Å². The van der Waals surface area contributed by atoms with E-state index in [0.29, 0.717) is 6.42 Å². The van der Waals surface area contributed by atoms with Crippen LogP contribution < -0.4 is 5.73 Å². The van der Waals surface area contributed by atoms with Gasteiger partial charge in [0.1, 0.15) is 6.04 Å². The number of rotatable bonds is 9. The standard InChI is InChI=1S/C16H24N2O5/c1-3-11(2)14(17)16(22)23-18(13(10-19)15(20)21)9-12-7-5-4-6-8-12/h4-8,11,13-14,19H,3,9-10,17H2,1-2H3,(H,20,21)/t11-,13-,14-/m0/s1. The number of hydroxylamine groups is 2. The highest BCUT2D eigenvalue weighted by Crippen LogP contribution is 2.13. The van der Waals surface area contributed by atoms with E-state index in [1.165, 1.54) is 0 Å². The molecule has 1 rings (SSSR count). The first-order valence-corrected chi connectivity index (χ1v) is 7.52. The summed E-state index contributed by atoms with van der Waals surface area (Å²) in [6.45, 7) is 3.06. The summed E-state index contributed by atoms with van der Waals surface area (Å²) in [7, 11) is 0. The zero-order valence-corrected chi connectivity index (χ0v) is 13.4. The molecule has 0 heterocycles. The third-order valence-electron chi connectivity index (χ3n) is 3.72. The van der Waals surface area contributed by atoms with Gasteiger partial charge in [0.2, 0.25) is 0 Å². The van der Waals surface area contributed by atoms with E-state index in [-0.39, 0.29) is 12.5 Å². The maximum Gasteiger partial charge on any atom is 0.342 e. The predicted octanol–water partition coefficient (Wildman–Crippen LogP) is 0.766. The quantitative estimate of drug-likeness (QED) is 0.575. The van der Waals surface area contributed by atoms with E-state index in [0.717, 1.165) is 10.6 Å². The van der Waals surface area contributed by atoms with Crippen molar-refractivity contribution in [1.29, 1.82) is 0 Å². The van der Waals surface area contributed by atoms with E-state index in [4.69, 9.17) is 10.6 Å². The molecule has 23 heavy (non-hydrogen) atoms. The minimum Gasteiger partial charge on any atom is -0.480 e. The number of benzene rings is 1.